The molecule has 11 heteroatoms. The molecule has 0 aliphatic carbocycles. The van der Waals surface area contributed by atoms with Gasteiger partial charge >= 0.3 is 0 Å². The molecule has 0 spiro atoms. The molecule has 11 heavy (non-hydrogen) atoms. The average molecular weight is 332 g/mol. The van der Waals surface area contributed by atoms with Crippen LogP contribution in [0.25, 0.3) is 0 Å². The maximum atomic E-state index is 9.66. The van der Waals surface area contributed by atoms with Crippen LogP contribution < -0.4 is 0 Å². The minimum Gasteiger partial charge on any atom is -0.739 e. The van der Waals surface area contributed by atoms with E-state index < -0.39 is 38.0 Å². The molecule has 0 rings (SSSR count). The maximum Gasteiger partial charge on any atom is 0.160 e. The predicted octanol–water partition coefficient (Wildman–Crippen LogP) is -0.714. The van der Waals surface area contributed by atoms with E-state index in [2.05, 4.69) is 0 Å². The quantitative estimate of drug-likeness (QED) is 0.378. The molecule has 0 amide bonds. The molecule has 0 atom stereocenters. The summed E-state index contributed by atoms with van der Waals surface area (Å²) in [6.07, 6.45) is 0. The summed E-state index contributed by atoms with van der Waals surface area (Å²) in [5.74, 6) is 0. The van der Waals surface area contributed by atoms with Gasteiger partial charge in [-0.15, -0.1) is 0 Å². The molecule has 1 radical (unpaired) electrons. The third kappa shape index (κ3) is 14.2. The molecule has 0 bridgehead atoms. The summed E-state index contributed by atoms with van der Waals surface area (Å²) in [5, 5.41) is 0. The van der Waals surface area contributed by atoms with Gasteiger partial charge in [-0.25, -0.2) is 16.8 Å². The largest absolute Gasteiger partial charge is 0.739 e. The first kappa shape index (κ1) is 14.8. The second kappa shape index (κ2) is 5.09. The van der Waals surface area contributed by atoms with Crippen molar-refractivity contribution in [2.75, 3.05) is 0 Å². The van der Waals surface area contributed by atoms with E-state index in [0.29, 0.717) is 0 Å². The molecular formula is AgO6S4-2. The summed E-state index contributed by atoms with van der Waals surface area (Å²) in [6, 6.07) is 0. The van der Waals surface area contributed by atoms with E-state index in [9.17, 15) is 25.9 Å². The van der Waals surface area contributed by atoms with Crippen LogP contribution in [-0.2, 0) is 40.7 Å². The fourth-order valence-electron chi connectivity index (χ4n) is 0.0680. The second-order valence-corrected chi connectivity index (χ2v) is 8.57. The first-order chi connectivity index (χ1) is 4.21. The van der Waals surface area contributed by atoms with Crippen LogP contribution in [0.4, 0.5) is 0 Å². The van der Waals surface area contributed by atoms with E-state index >= 15 is 0 Å². The van der Waals surface area contributed by atoms with Gasteiger partial charge in [0.25, 0.3) is 0 Å². The van der Waals surface area contributed by atoms with E-state index in [1.165, 1.54) is 0 Å². The molecule has 0 aliphatic heterocycles. The number of hydrogen-bond donors (Lipinski definition) is 0. The molecule has 0 heterocycles. The Hall–Kier alpha value is 1.26. The van der Waals surface area contributed by atoms with E-state index in [4.69, 9.17) is 0 Å². The number of hydrogen-bond acceptors (Lipinski definition) is 8. The summed E-state index contributed by atoms with van der Waals surface area (Å²) in [7, 11) is -10.5. The zero-order chi connectivity index (χ0) is 8.41. The average Bonchev–Trinajstić information content (AvgIpc) is 1.57. The molecule has 6 nitrogen and oxygen atoms in total. The molecular weight excluding hydrogens is 332 g/mol. The van der Waals surface area contributed by atoms with Crippen LogP contribution >= 0.6 is 19.7 Å². The van der Waals surface area contributed by atoms with Gasteiger partial charge in [-0.3, -0.25) is 0 Å². The smallest absolute Gasteiger partial charge is 0.160 e. The Bertz CT molecular complexity index is 251. The van der Waals surface area contributed by atoms with Gasteiger partial charge in [0, 0.05) is 42.0 Å². The molecule has 0 fully saturated rings. The van der Waals surface area contributed by atoms with Crippen molar-refractivity contribution >= 4 is 38.0 Å². The Morgan fingerprint density at radius 3 is 1.09 bits per heavy atom. The molecule has 0 aromatic rings. The zero-order valence-corrected chi connectivity index (χ0v) is 9.13. The van der Waals surface area contributed by atoms with Gasteiger partial charge in [-0.05, 0) is 0 Å². The van der Waals surface area contributed by atoms with Crippen LogP contribution in [0.5, 0.6) is 0 Å². The standard InChI is InChI=1S/Ag.H2O6S4/c;1-9(2,3)7-8-10(4,5)6/h;(H,1,2,3)(H,4,5,6)/p-2. The molecule has 0 unspecified atom stereocenters. The van der Waals surface area contributed by atoms with Gasteiger partial charge in [-0.2, -0.15) is 0 Å². The van der Waals surface area contributed by atoms with Crippen molar-refractivity contribution in [1.82, 2.24) is 0 Å². The Morgan fingerprint density at radius 2 is 1.00 bits per heavy atom. The SMILES string of the molecule is O=S(=O)([O-])SSS(=O)(=O)[O-].[Ag]. The van der Waals surface area contributed by atoms with Gasteiger partial charge < -0.3 is 9.11 Å². The third-order valence-electron chi connectivity index (χ3n) is 0.194. The van der Waals surface area contributed by atoms with E-state index in [-0.39, 0.29) is 22.4 Å². The molecule has 0 saturated carbocycles. The predicted molar refractivity (Wildman–Crippen MR) is 34.6 cm³/mol. The Morgan fingerprint density at radius 1 is 0.818 bits per heavy atom. The van der Waals surface area contributed by atoms with Gasteiger partial charge in [0.05, 0.1) is 0 Å². The van der Waals surface area contributed by atoms with Crippen molar-refractivity contribution in [1.29, 1.82) is 0 Å². The van der Waals surface area contributed by atoms with E-state index in [0.717, 1.165) is 0 Å². The minimum atomic E-state index is -4.71. The monoisotopic (exact) mass is 331 g/mol. The number of rotatable bonds is 3. The van der Waals surface area contributed by atoms with Crippen molar-refractivity contribution in [3.8, 4) is 0 Å². The van der Waals surface area contributed by atoms with Crippen LogP contribution in [0.15, 0.2) is 0 Å². The Kier molecular flexibility index (Phi) is 6.83. The van der Waals surface area contributed by atoms with E-state index in [1.807, 2.05) is 0 Å². The van der Waals surface area contributed by atoms with Crippen molar-refractivity contribution in [2.24, 2.45) is 0 Å². The summed E-state index contributed by atoms with van der Waals surface area (Å²) in [4.78, 5) is 0. The van der Waals surface area contributed by atoms with Crippen molar-refractivity contribution in [2.45, 2.75) is 0 Å². The fourth-order valence-corrected chi connectivity index (χ4v) is 5.51. The molecule has 0 N–H and O–H groups in total. The van der Waals surface area contributed by atoms with Gasteiger partial charge in [0.15, 0.2) is 18.3 Å². The van der Waals surface area contributed by atoms with Crippen molar-refractivity contribution in [3.63, 3.8) is 0 Å². The molecule has 73 valence electrons. The maximum absolute atomic E-state index is 9.66. The van der Waals surface area contributed by atoms with Gasteiger partial charge in [0.1, 0.15) is 0 Å². The van der Waals surface area contributed by atoms with Crippen molar-refractivity contribution in [3.05, 3.63) is 0 Å². The van der Waals surface area contributed by atoms with Gasteiger partial charge in [-0.1, -0.05) is 0 Å². The first-order valence-electron chi connectivity index (χ1n) is 1.50. The second-order valence-electron chi connectivity index (χ2n) is 0.953. The Balaban J connectivity index is 0. The first-order valence-corrected chi connectivity index (χ1v) is 7.50. The van der Waals surface area contributed by atoms with Crippen LogP contribution in [0.1, 0.15) is 0 Å². The molecule has 0 saturated heterocycles. The van der Waals surface area contributed by atoms with Gasteiger partial charge in [0.2, 0.25) is 0 Å². The topological polar surface area (TPSA) is 114 Å². The summed E-state index contributed by atoms with van der Waals surface area (Å²) >= 11 is 0. The minimum absolute atomic E-state index is 0. The molecule has 0 aliphatic rings. The third-order valence-corrected chi connectivity index (χ3v) is 6.75. The zero-order valence-electron chi connectivity index (χ0n) is 4.38. The summed E-state index contributed by atoms with van der Waals surface area (Å²) in [5.41, 5.74) is 0. The summed E-state index contributed by atoms with van der Waals surface area (Å²) < 4.78 is 58.0. The van der Waals surface area contributed by atoms with Crippen LogP contribution in [0, 0.1) is 0 Å². The molecule has 0 aromatic carbocycles. The Labute approximate surface area is 85.7 Å². The fraction of sp³-hybridized carbons (Fsp3) is 0. The van der Waals surface area contributed by atoms with Crippen LogP contribution in [-0.4, -0.2) is 25.9 Å². The summed E-state index contributed by atoms with van der Waals surface area (Å²) in [6.45, 7) is 0. The van der Waals surface area contributed by atoms with Crippen LogP contribution in [0.3, 0.4) is 0 Å². The molecule has 0 aromatic heterocycles. The van der Waals surface area contributed by atoms with Crippen LogP contribution in [0.2, 0.25) is 0 Å². The normalized spacial score (nSPS) is 12.2. The van der Waals surface area contributed by atoms with E-state index in [1.54, 1.807) is 0 Å². The van der Waals surface area contributed by atoms with Crippen molar-refractivity contribution < 1.29 is 48.3 Å².